The first-order chi connectivity index (χ1) is 11.2. The summed E-state index contributed by atoms with van der Waals surface area (Å²) in [5, 5.41) is 1.75. The molecule has 3 rings (SSSR count). The van der Waals surface area contributed by atoms with E-state index in [0.717, 1.165) is 10.8 Å². The van der Waals surface area contributed by atoms with Gasteiger partial charge in [0.15, 0.2) is 0 Å². The Labute approximate surface area is 133 Å². The van der Waals surface area contributed by atoms with Crippen LogP contribution in [0.15, 0.2) is 66.7 Å². The van der Waals surface area contributed by atoms with Gasteiger partial charge in [-0.3, -0.25) is 0 Å². The molecule has 3 aromatic carbocycles. The minimum Gasteiger partial charge on any atom is -0.465 e. The summed E-state index contributed by atoms with van der Waals surface area (Å²) in [5.41, 5.74) is 0.659. The van der Waals surface area contributed by atoms with Crippen molar-refractivity contribution in [2.24, 2.45) is 0 Å². The molecule has 0 unspecified atom stereocenters. The third kappa shape index (κ3) is 2.92. The van der Waals surface area contributed by atoms with Gasteiger partial charge in [0.05, 0.1) is 12.7 Å². The van der Waals surface area contributed by atoms with Gasteiger partial charge < -0.3 is 9.47 Å². The maximum Gasteiger partial charge on any atom is 0.344 e. The van der Waals surface area contributed by atoms with Gasteiger partial charge in [0.2, 0.25) is 0 Å². The standard InChI is InChI=1S/C19H14O4/c1-22-18(20)16-10-4-5-12-17(16)23-19(21)15-11-6-8-13-7-2-3-9-14(13)15/h2-12H,1H3. The van der Waals surface area contributed by atoms with Crippen LogP contribution in [0.25, 0.3) is 10.8 Å². The average Bonchev–Trinajstić information content (AvgIpc) is 2.61. The van der Waals surface area contributed by atoms with Gasteiger partial charge in [-0.15, -0.1) is 0 Å². The van der Waals surface area contributed by atoms with Crippen LogP contribution in [0.5, 0.6) is 5.75 Å². The van der Waals surface area contributed by atoms with Gasteiger partial charge in [0.1, 0.15) is 11.3 Å². The van der Waals surface area contributed by atoms with E-state index in [4.69, 9.17) is 9.47 Å². The Kier molecular flexibility index (Phi) is 4.06. The highest BCUT2D eigenvalue weighted by Gasteiger charge is 2.17. The van der Waals surface area contributed by atoms with Gasteiger partial charge in [-0.25, -0.2) is 9.59 Å². The van der Waals surface area contributed by atoms with Gasteiger partial charge in [0, 0.05) is 0 Å². The van der Waals surface area contributed by atoms with Crippen molar-refractivity contribution in [3.8, 4) is 5.75 Å². The number of fused-ring (bicyclic) bond motifs is 1. The number of benzene rings is 3. The number of hydrogen-bond donors (Lipinski definition) is 0. The zero-order valence-corrected chi connectivity index (χ0v) is 12.5. The second kappa shape index (κ2) is 6.32. The molecule has 0 spiro atoms. The summed E-state index contributed by atoms with van der Waals surface area (Å²) < 4.78 is 10.1. The molecule has 4 nitrogen and oxygen atoms in total. The molecule has 0 atom stereocenters. The minimum absolute atomic E-state index is 0.178. The highest BCUT2D eigenvalue weighted by Crippen LogP contribution is 2.23. The van der Waals surface area contributed by atoms with E-state index in [0.29, 0.717) is 5.56 Å². The fourth-order valence-electron chi connectivity index (χ4n) is 2.39. The first-order valence-corrected chi connectivity index (χ1v) is 7.08. The number of hydrogen-bond acceptors (Lipinski definition) is 4. The normalized spacial score (nSPS) is 10.3. The van der Waals surface area contributed by atoms with E-state index < -0.39 is 11.9 Å². The van der Waals surface area contributed by atoms with Crippen molar-refractivity contribution in [2.75, 3.05) is 7.11 Å². The van der Waals surface area contributed by atoms with Crippen molar-refractivity contribution in [1.82, 2.24) is 0 Å². The Hall–Kier alpha value is -3.14. The number of methoxy groups -OCH3 is 1. The number of ether oxygens (including phenoxy) is 2. The lowest BCUT2D eigenvalue weighted by atomic mass is 10.0. The predicted molar refractivity (Wildman–Crippen MR) is 86.7 cm³/mol. The fourth-order valence-corrected chi connectivity index (χ4v) is 2.39. The number of para-hydroxylation sites is 1. The van der Waals surface area contributed by atoms with E-state index in [1.807, 2.05) is 30.3 Å². The van der Waals surface area contributed by atoms with E-state index in [9.17, 15) is 9.59 Å². The molecule has 0 bridgehead atoms. The second-order valence-electron chi connectivity index (χ2n) is 4.90. The second-order valence-corrected chi connectivity index (χ2v) is 4.90. The summed E-state index contributed by atoms with van der Waals surface area (Å²) in [6.07, 6.45) is 0. The van der Waals surface area contributed by atoms with Crippen LogP contribution in [0, 0.1) is 0 Å². The summed E-state index contributed by atoms with van der Waals surface area (Å²) in [6.45, 7) is 0. The van der Waals surface area contributed by atoms with Gasteiger partial charge in [0.25, 0.3) is 0 Å². The monoisotopic (exact) mass is 306 g/mol. The summed E-state index contributed by atoms with van der Waals surface area (Å²) in [5.74, 6) is -0.887. The minimum atomic E-state index is -0.550. The molecular weight excluding hydrogens is 292 g/mol. The maximum absolute atomic E-state index is 12.5. The zero-order chi connectivity index (χ0) is 16.2. The number of rotatable bonds is 3. The quantitative estimate of drug-likeness (QED) is 0.545. The van der Waals surface area contributed by atoms with E-state index in [1.165, 1.54) is 7.11 Å². The molecule has 4 heteroatoms. The van der Waals surface area contributed by atoms with E-state index in [-0.39, 0.29) is 11.3 Å². The Morgan fingerprint density at radius 2 is 1.39 bits per heavy atom. The largest absolute Gasteiger partial charge is 0.465 e. The molecule has 0 aliphatic heterocycles. The van der Waals surface area contributed by atoms with Crippen LogP contribution in [0.2, 0.25) is 0 Å². The molecule has 0 heterocycles. The van der Waals surface area contributed by atoms with Gasteiger partial charge in [-0.1, -0.05) is 48.5 Å². The van der Waals surface area contributed by atoms with Crippen LogP contribution in [0.1, 0.15) is 20.7 Å². The van der Waals surface area contributed by atoms with E-state index >= 15 is 0 Å². The van der Waals surface area contributed by atoms with E-state index in [2.05, 4.69) is 0 Å². The van der Waals surface area contributed by atoms with Crippen molar-refractivity contribution in [3.63, 3.8) is 0 Å². The highest BCUT2D eigenvalue weighted by atomic mass is 16.5. The molecule has 0 amide bonds. The average molecular weight is 306 g/mol. The molecule has 114 valence electrons. The van der Waals surface area contributed by atoms with Crippen LogP contribution in [-0.2, 0) is 4.74 Å². The Bertz CT molecular complexity index is 878. The molecule has 23 heavy (non-hydrogen) atoms. The summed E-state index contributed by atoms with van der Waals surface area (Å²) in [4.78, 5) is 24.3. The number of esters is 2. The van der Waals surface area contributed by atoms with Crippen LogP contribution in [-0.4, -0.2) is 19.0 Å². The lowest BCUT2D eigenvalue weighted by molar-refractivity contribution is 0.0593. The Balaban J connectivity index is 1.98. The first kappa shape index (κ1) is 14.8. The molecule has 0 aromatic heterocycles. The smallest absolute Gasteiger partial charge is 0.344 e. The summed E-state index contributed by atoms with van der Waals surface area (Å²) >= 11 is 0. The van der Waals surface area contributed by atoms with Crippen molar-refractivity contribution >= 4 is 22.7 Å². The van der Waals surface area contributed by atoms with Crippen LogP contribution in [0.3, 0.4) is 0 Å². The topological polar surface area (TPSA) is 52.6 Å². The number of carbonyl (C=O) groups is 2. The molecule has 0 aliphatic carbocycles. The van der Waals surface area contributed by atoms with Crippen molar-refractivity contribution < 1.29 is 19.1 Å². The van der Waals surface area contributed by atoms with Crippen molar-refractivity contribution in [2.45, 2.75) is 0 Å². The SMILES string of the molecule is COC(=O)c1ccccc1OC(=O)c1cccc2ccccc12. The lowest BCUT2D eigenvalue weighted by Gasteiger charge is -2.10. The molecule has 0 aliphatic rings. The van der Waals surface area contributed by atoms with E-state index in [1.54, 1.807) is 36.4 Å². The van der Waals surface area contributed by atoms with Crippen LogP contribution in [0.4, 0.5) is 0 Å². The Morgan fingerprint density at radius 3 is 2.22 bits per heavy atom. The third-order valence-electron chi connectivity index (χ3n) is 3.50. The number of carbonyl (C=O) groups excluding carboxylic acids is 2. The lowest BCUT2D eigenvalue weighted by Crippen LogP contribution is -2.12. The van der Waals surface area contributed by atoms with Crippen molar-refractivity contribution in [3.05, 3.63) is 77.9 Å². The third-order valence-corrected chi connectivity index (χ3v) is 3.50. The molecule has 3 aromatic rings. The van der Waals surface area contributed by atoms with Crippen LogP contribution >= 0.6 is 0 Å². The Morgan fingerprint density at radius 1 is 0.739 bits per heavy atom. The van der Waals surface area contributed by atoms with Gasteiger partial charge in [-0.05, 0) is 29.0 Å². The fraction of sp³-hybridized carbons (Fsp3) is 0.0526. The van der Waals surface area contributed by atoms with Crippen LogP contribution < -0.4 is 4.74 Å². The zero-order valence-electron chi connectivity index (χ0n) is 12.5. The molecule has 0 saturated carbocycles. The summed E-state index contributed by atoms with van der Waals surface area (Å²) in [6, 6.07) is 19.5. The first-order valence-electron chi connectivity index (χ1n) is 7.08. The molecular formula is C19H14O4. The molecule has 0 fully saturated rings. The highest BCUT2D eigenvalue weighted by molar-refractivity contribution is 6.05. The maximum atomic E-state index is 12.5. The predicted octanol–water partition coefficient (Wildman–Crippen LogP) is 3.85. The van der Waals surface area contributed by atoms with Gasteiger partial charge >= 0.3 is 11.9 Å². The van der Waals surface area contributed by atoms with Crippen molar-refractivity contribution in [1.29, 1.82) is 0 Å². The van der Waals surface area contributed by atoms with Gasteiger partial charge in [-0.2, -0.15) is 0 Å². The molecule has 0 N–H and O–H groups in total. The summed E-state index contributed by atoms with van der Waals surface area (Å²) in [7, 11) is 1.28. The molecule has 0 radical (unpaired) electrons. The molecule has 0 saturated heterocycles.